The second-order valence-corrected chi connectivity index (χ2v) is 9.16. The quantitative estimate of drug-likeness (QED) is 0.743. The van der Waals surface area contributed by atoms with Gasteiger partial charge >= 0.3 is 0 Å². The van der Waals surface area contributed by atoms with Crippen LogP contribution >= 0.6 is 11.6 Å². The van der Waals surface area contributed by atoms with Gasteiger partial charge in [0.2, 0.25) is 10.0 Å². The third-order valence-electron chi connectivity index (χ3n) is 4.70. The summed E-state index contributed by atoms with van der Waals surface area (Å²) in [5, 5.41) is 0.605. The number of rotatable bonds is 5. The van der Waals surface area contributed by atoms with E-state index in [2.05, 4.69) is 0 Å². The van der Waals surface area contributed by atoms with Crippen molar-refractivity contribution in [1.82, 2.24) is 9.21 Å². The number of hydrogen-bond donors (Lipinski definition) is 0. The van der Waals surface area contributed by atoms with Crippen LogP contribution in [0.3, 0.4) is 0 Å². The van der Waals surface area contributed by atoms with Crippen molar-refractivity contribution in [3.05, 3.63) is 64.2 Å². The first-order valence-corrected chi connectivity index (χ1v) is 10.8. The van der Waals surface area contributed by atoms with E-state index in [1.807, 2.05) is 12.1 Å². The average Bonchev–Trinajstić information content (AvgIpc) is 2.68. The van der Waals surface area contributed by atoms with Crippen molar-refractivity contribution in [2.24, 2.45) is 0 Å². The van der Waals surface area contributed by atoms with E-state index in [0.717, 1.165) is 11.1 Å². The number of ether oxygens (including phenoxy) is 1. The molecule has 0 radical (unpaired) electrons. The molecule has 8 heteroatoms. The first-order chi connectivity index (χ1) is 13.3. The molecule has 28 heavy (non-hydrogen) atoms. The Bertz CT molecular complexity index is 972. The predicted octanol–water partition coefficient (Wildman–Crippen LogP) is 2.94. The summed E-state index contributed by atoms with van der Waals surface area (Å²) < 4.78 is 32.4. The molecule has 6 nitrogen and oxygen atoms in total. The van der Waals surface area contributed by atoms with Crippen LogP contribution in [0.4, 0.5) is 0 Å². The highest BCUT2D eigenvalue weighted by atomic mass is 35.5. The third-order valence-corrected chi connectivity index (χ3v) is 6.83. The van der Waals surface area contributed by atoms with Crippen molar-refractivity contribution in [3.8, 4) is 0 Å². The Morgan fingerprint density at radius 2 is 1.89 bits per heavy atom. The number of carbonyl (C=O) groups excluding carboxylic acids is 1. The van der Waals surface area contributed by atoms with Crippen molar-refractivity contribution in [3.63, 3.8) is 0 Å². The van der Waals surface area contributed by atoms with Crippen LogP contribution in [0.5, 0.6) is 0 Å². The number of morpholine rings is 1. The van der Waals surface area contributed by atoms with Crippen molar-refractivity contribution >= 4 is 27.5 Å². The Morgan fingerprint density at radius 1 is 1.18 bits per heavy atom. The maximum Gasteiger partial charge on any atom is 0.254 e. The molecule has 0 unspecified atom stereocenters. The van der Waals surface area contributed by atoms with Crippen molar-refractivity contribution in [2.75, 3.05) is 33.4 Å². The molecule has 0 spiro atoms. The smallest absolute Gasteiger partial charge is 0.254 e. The number of halogens is 1. The van der Waals surface area contributed by atoms with Gasteiger partial charge in [0.15, 0.2) is 0 Å². The van der Waals surface area contributed by atoms with Crippen LogP contribution < -0.4 is 0 Å². The van der Waals surface area contributed by atoms with Crippen molar-refractivity contribution < 1.29 is 17.9 Å². The van der Waals surface area contributed by atoms with Gasteiger partial charge in [-0.2, -0.15) is 4.31 Å². The fourth-order valence-electron chi connectivity index (χ4n) is 3.11. The van der Waals surface area contributed by atoms with E-state index < -0.39 is 10.0 Å². The standard InChI is InChI=1S/C20H23ClN2O4S/c1-15-6-7-18(28(25,26)23-8-10-27-11-9-23)13-19(15)20(24)22(2)14-16-4-3-5-17(21)12-16/h3-7,12-13H,8-11,14H2,1-2H3. The lowest BCUT2D eigenvalue weighted by atomic mass is 10.1. The Labute approximate surface area is 170 Å². The molecule has 0 aromatic heterocycles. The molecule has 0 bridgehead atoms. The van der Waals surface area contributed by atoms with Gasteiger partial charge in [-0.25, -0.2) is 8.42 Å². The van der Waals surface area contributed by atoms with E-state index in [-0.39, 0.29) is 10.8 Å². The van der Waals surface area contributed by atoms with E-state index in [0.29, 0.717) is 43.4 Å². The summed E-state index contributed by atoms with van der Waals surface area (Å²) in [4.78, 5) is 14.7. The van der Waals surface area contributed by atoms with Crippen molar-refractivity contribution in [1.29, 1.82) is 0 Å². The second-order valence-electron chi connectivity index (χ2n) is 6.78. The van der Waals surface area contributed by atoms with Crippen LogP contribution in [-0.4, -0.2) is 56.9 Å². The Morgan fingerprint density at radius 3 is 2.57 bits per heavy atom. The van der Waals surface area contributed by atoms with Crippen LogP contribution in [0, 0.1) is 6.92 Å². The van der Waals surface area contributed by atoms with Crippen LogP contribution in [-0.2, 0) is 21.3 Å². The summed E-state index contributed by atoms with van der Waals surface area (Å²) in [6.07, 6.45) is 0. The lowest BCUT2D eigenvalue weighted by molar-refractivity contribution is 0.0730. The van der Waals surface area contributed by atoms with Crippen LogP contribution in [0.15, 0.2) is 47.4 Å². The summed E-state index contributed by atoms with van der Waals surface area (Å²) in [6, 6.07) is 12.0. The van der Waals surface area contributed by atoms with Gasteiger partial charge in [0, 0.05) is 37.3 Å². The van der Waals surface area contributed by atoms with E-state index in [1.54, 1.807) is 43.1 Å². The number of hydrogen-bond acceptors (Lipinski definition) is 4. The minimum atomic E-state index is -3.66. The van der Waals surface area contributed by atoms with Crippen LogP contribution in [0.25, 0.3) is 0 Å². The summed E-state index contributed by atoms with van der Waals surface area (Å²) in [5.74, 6) is -0.239. The zero-order chi connectivity index (χ0) is 20.3. The molecule has 1 aliphatic heterocycles. The molecule has 0 saturated carbocycles. The molecule has 0 aliphatic carbocycles. The molecule has 1 aliphatic rings. The molecule has 150 valence electrons. The van der Waals surface area contributed by atoms with Gasteiger partial charge < -0.3 is 9.64 Å². The summed E-state index contributed by atoms with van der Waals surface area (Å²) in [6.45, 7) is 3.55. The minimum absolute atomic E-state index is 0.125. The second kappa shape index (κ2) is 8.61. The number of aryl methyl sites for hydroxylation is 1. The van der Waals surface area contributed by atoms with E-state index in [1.165, 1.54) is 10.4 Å². The SMILES string of the molecule is Cc1ccc(S(=O)(=O)N2CCOCC2)cc1C(=O)N(C)Cc1cccc(Cl)c1. The molecule has 0 N–H and O–H groups in total. The Balaban J connectivity index is 1.85. The molecule has 1 saturated heterocycles. The molecule has 1 heterocycles. The third kappa shape index (κ3) is 4.55. The summed E-state index contributed by atoms with van der Waals surface area (Å²) in [7, 11) is -1.97. The maximum absolute atomic E-state index is 13.0. The van der Waals surface area contributed by atoms with Gasteiger partial charge in [-0.3, -0.25) is 4.79 Å². The molecular formula is C20H23ClN2O4S. The minimum Gasteiger partial charge on any atom is -0.379 e. The van der Waals surface area contributed by atoms with Gasteiger partial charge in [-0.05, 0) is 42.3 Å². The number of carbonyl (C=O) groups is 1. The van der Waals surface area contributed by atoms with Gasteiger partial charge in [0.25, 0.3) is 5.91 Å². The fraction of sp³-hybridized carbons (Fsp3) is 0.350. The highest BCUT2D eigenvalue weighted by Crippen LogP contribution is 2.22. The van der Waals surface area contributed by atoms with E-state index in [4.69, 9.17) is 16.3 Å². The molecule has 0 atom stereocenters. The average molecular weight is 423 g/mol. The number of sulfonamides is 1. The molecule has 2 aromatic carbocycles. The Kier molecular flexibility index (Phi) is 6.40. The topological polar surface area (TPSA) is 66.9 Å². The summed E-state index contributed by atoms with van der Waals surface area (Å²) in [5.41, 5.74) is 2.00. The number of amides is 1. The molecule has 3 rings (SSSR count). The van der Waals surface area contributed by atoms with Gasteiger partial charge in [0.1, 0.15) is 0 Å². The zero-order valence-corrected chi connectivity index (χ0v) is 17.5. The van der Waals surface area contributed by atoms with E-state index in [9.17, 15) is 13.2 Å². The maximum atomic E-state index is 13.0. The molecular weight excluding hydrogens is 400 g/mol. The largest absolute Gasteiger partial charge is 0.379 e. The van der Waals surface area contributed by atoms with Gasteiger partial charge in [0.05, 0.1) is 18.1 Å². The first kappa shape index (κ1) is 20.8. The normalized spacial score (nSPS) is 15.4. The Hall–Kier alpha value is -1.93. The molecule has 1 amide bonds. The lowest BCUT2D eigenvalue weighted by Crippen LogP contribution is -2.40. The first-order valence-electron chi connectivity index (χ1n) is 8.97. The fourth-order valence-corrected chi connectivity index (χ4v) is 4.76. The van der Waals surface area contributed by atoms with Crippen LogP contribution in [0.2, 0.25) is 5.02 Å². The highest BCUT2D eigenvalue weighted by Gasteiger charge is 2.27. The molecule has 1 fully saturated rings. The van der Waals surface area contributed by atoms with Gasteiger partial charge in [-0.1, -0.05) is 29.8 Å². The highest BCUT2D eigenvalue weighted by molar-refractivity contribution is 7.89. The summed E-state index contributed by atoms with van der Waals surface area (Å²) >= 11 is 6.01. The van der Waals surface area contributed by atoms with Crippen LogP contribution in [0.1, 0.15) is 21.5 Å². The molecule has 2 aromatic rings. The zero-order valence-electron chi connectivity index (χ0n) is 15.9. The predicted molar refractivity (Wildman–Crippen MR) is 108 cm³/mol. The lowest BCUT2D eigenvalue weighted by Gasteiger charge is -2.26. The van der Waals surface area contributed by atoms with Gasteiger partial charge in [-0.15, -0.1) is 0 Å². The van der Waals surface area contributed by atoms with E-state index >= 15 is 0 Å². The number of nitrogens with zero attached hydrogens (tertiary/aromatic N) is 2. The van der Waals surface area contributed by atoms with Crippen molar-refractivity contribution in [2.45, 2.75) is 18.4 Å². The monoisotopic (exact) mass is 422 g/mol. The number of benzene rings is 2.